The second-order valence-electron chi connectivity index (χ2n) is 2.33. The summed E-state index contributed by atoms with van der Waals surface area (Å²) in [6.45, 7) is 1.99. The average molecular weight is 267 g/mol. The first-order valence-corrected chi connectivity index (χ1v) is 6.74. The Kier molecular flexibility index (Phi) is 5.18. The van der Waals surface area contributed by atoms with Crippen molar-refractivity contribution < 1.29 is 0 Å². The minimum absolute atomic E-state index is 1.05. The van der Waals surface area contributed by atoms with Crippen molar-refractivity contribution in [1.82, 2.24) is 10.2 Å². The molecule has 0 atom stereocenters. The van der Waals surface area contributed by atoms with Crippen LogP contribution in [0.5, 0.6) is 0 Å². The van der Waals surface area contributed by atoms with Crippen molar-refractivity contribution in [2.75, 3.05) is 11.1 Å². The lowest BCUT2D eigenvalue weighted by Gasteiger charge is -1.93. The largest absolute Gasteiger partial charge is 0.174 e. The molecule has 0 amide bonds. The Morgan fingerprint density at radius 3 is 2.83 bits per heavy atom. The van der Waals surface area contributed by atoms with Crippen LogP contribution in [0.4, 0.5) is 0 Å². The molecule has 5 heteroatoms. The predicted octanol–water partition coefficient (Wildman–Crippen LogP) is 3.11. The third-order valence-corrected chi connectivity index (χ3v) is 3.88. The highest BCUT2D eigenvalue weighted by Gasteiger charge is 1.99. The van der Waals surface area contributed by atoms with Gasteiger partial charge in [0.15, 0.2) is 4.34 Å². The van der Waals surface area contributed by atoms with E-state index in [2.05, 4.69) is 26.1 Å². The molecule has 0 radical (unpaired) electrons. The predicted molar refractivity (Wildman–Crippen MR) is 58.4 cm³/mol. The normalized spacial score (nSPS) is 10.5. The molecule has 0 aliphatic rings. The lowest BCUT2D eigenvalue weighted by molar-refractivity contribution is 0.909. The summed E-state index contributed by atoms with van der Waals surface area (Å²) < 4.78 is 1.10. The lowest BCUT2D eigenvalue weighted by Crippen LogP contribution is -1.80. The highest BCUT2D eigenvalue weighted by Crippen LogP contribution is 2.22. The van der Waals surface area contributed by atoms with E-state index < -0.39 is 0 Å². The molecule has 0 aromatic carbocycles. The molecule has 1 rings (SSSR count). The highest BCUT2D eigenvalue weighted by atomic mass is 79.9. The summed E-state index contributed by atoms with van der Waals surface area (Å²) >= 11 is 6.89. The van der Waals surface area contributed by atoms with Crippen LogP contribution >= 0.6 is 39.0 Å². The maximum atomic E-state index is 4.03. The molecule has 12 heavy (non-hydrogen) atoms. The van der Waals surface area contributed by atoms with Crippen LogP contribution in [0.2, 0.25) is 0 Å². The average Bonchev–Trinajstić information content (AvgIpc) is 2.45. The summed E-state index contributed by atoms with van der Waals surface area (Å²) in [5.74, 6) is 1.15. The van der Waals surface area contributed by atoms with Gasteiger partial charge in [-0.3, -0.25) is 0 Å². The highest BCUT2D eigenvalue weighted by molar-refractivity contribution is 9.09. The van der Waals surface area contributed by atoms with Crippen molar-refractivity contribution in [2.45, 2.75) is 24.1 Å². The van der Waals surface area contributed by atoms with Gasteiger partial charge in [0.25, 0.3) is 0 Å². The Labute approximate surface area is 89.3 Å². The van der Waals surface area contributed by atoms with Crippen molar-refractivity contribution >= 4 is 39.0 Å². The molecule has 1 aromatic heterocycles. The number of hydrogen-bond acceptors (Lipinski definition) is 4. The van der Waals surface area contributed by atoms with Crippen molar-refractivity contribution in [3.8, 4) is 0 Å². The summed E-state index contributed by atoms with van der Waals surface area (Å²) in [6, 6.07) is 0. The number of aryl methyl sites for hydroxylation is 1. The van der Waals surface area contributed by atoms with E-state index >= 15 is 0 Å². The van der Waals surface area contributed by atoms with Gasteiger partial charge in [0, 0.05) is 11.1 Å². The molecule has 0 aliphatic carbocycles. The summed E-state index contributed by atoms with van der Waals surface area (Å²) in [4.78, 5) is 0. The standard InChI is InChI=1S/C7H11BrN2S2/c1-6-9-10-7(12-6)11-5-3-2-4-8/h2-5H2,1H3. The van der Waals surface area contributed by atoms with Gasteiger partial charge in [-0.25, -0.2) is 0 Å². The van der Waals surface area contributed by atoms with Gasteiger partial charge in [-0.15, -0.1) is 10.2 Å². The molecule has 68 valence electrons. The molecule has 0 aliphatic heterocycles. The van der Waals surface area contributed by atoms with Crippen LogP contribution in [0.15, 0.2) is 4.34 Å². The first-order valence-electron chi connectivity index (χ1n) is 3.82. The van der Waals surface area contributed by atoms with Crippen molar-refractivity contribution in [2.24, 2.45) is 0 Å². The minimum Gasteiger partial charge on any atom is -0.143 e. The molecule has 0 unspecified atom stereocenters. The molecule has 0 N–H and O–H groups in total. The van der Waals surface area contributed by atoms with Crippen LogP contribution < -0.4 is 0 Å². The third kappa shape index (κ3) is 3.87. The van der Waals surface area contributed by atoms with Gasteiger partial charge in [-0.1, -0.05) is 39.0 Å². The van der Waals surface area contributed by atoms with E-state index in [0.717, 1.165) is 20.4 Å². The number of thioether (sulfide) groups is 1. The second-order valence-corrected chi connectivity index (χ2v) is 5.65. The summed E-state index contributed by atoms with van der Waals surface area (Å²) in [5, 5.41) is 10.1. The van der Waals surface area contributed by atoms with Crippen molar-refractivity contribution in [1.29, 1.82) is 0 Å². The summed E-state index contributed by atoms with van der Waals surface area (Å²) in [5.41, 5.74) is 0. The molecule has 1 aromatic rings. The summed E-state index contributed by atoms with van der Waals surface area (Å²) in [6.07, 6.45) is 2.49. The molecule has 0 bridgehead atoms. The Morgan fingerprint density at radius 2 is 2.25 bits per heavy atom. The number of unbranched alkanes of at least 4 members (excludes halogenated alkanes) is 1. The van der Waals surface area contributed by atoms with Crippen LogP contribution in [0.25, 0.3) is 0 Å². The number of rotatable bonds is 5. The second kappa shape index (κ2) is 5.94. The minimum atomic E-state index is 1.05. The Hall–Kier alpha value is 0.390. The Bertz CT molecular complexity index is 227. The Balaban J connectivity index is 2.15. The summed E-state index contributed by atoms with van der Waals surface area (Å²) in [7, 11) is 0. The van der Waals surface area contributed by atoms with Gasteiger partial charge in [-0.05, 0) is 19.8 Å². The van der Waals surface area contributed by atoms with E-state index in [1.807, 2.05) is 6.92 Å². The maximum Gasteiger partial charge on any atom is 0.174 e. The molecule has 0 spiro atoms. The van der Waals surface area contributed by atoms with Gasteiger partial charge < -0.3 is 0 Å². The van der Waals surface area contributed by atoms with Crippen LogP contribution in [0, 0.1) is 6.92 Å². The molecule has 0 fully saturated rings. The first kappa shape index (κ1) is 10.5. The van der Waals surface area contributed by atoms with E-state index in [9.17, 15) is 0 Å². The number of aromatic nitrogens is 2. The molecule has 1 heterocycles. The van der Waals surface area contributed by atoms with Gasteiger partial charge in [0.1, 0.15) is 5.01 Å². The SMILES string of the molecule is Cc1nnc(SCCCCBr)s1. The van der Waals surface area contributed by atoms with Gasteiger partial charge >= 0.3 is 0 Å². The number of halogens is 1. The zero-order valence-electron chi connectivity index (χ0n) is 6.92. The van der Waals surface area contributed by atoms with Crippen LogP contribution in [-0.2, 0) is 0 Å². The zero-order valence-corrected chi connectivity index (χ0v) is 10.1. The molecule has 2 nitrogen and oxygen atoms in total. The molecular weight excluding hydrogens is 256 g/mol. The van der Waals surface area contributed by atoms with E-state index in [1.54, 1.807) is 23.1 Å². The van der Waals surface area contributed by atoms with Gasteiger partial charge in [0.2, 0.25) is 0 Å². The quantitative estimate of drug-likeness (QED) is 0.465. The third-order valence-electron chi connectivity index (χ3n) is 1.26. The smallest absolute Gasteiger partial charge is 0.143 e. The van der Waals surface area contributed by atoms with Gasteiger partial charge in [-0.2, -0.15) is 0 Å². The number of alkyl halides is 1. The van der Waals surface area contributed by atoms with Gasteiger partial charge in [0.05, 0.1) is 0 Å². The number of hydrogen-bond donors (Lipinski definition) is 0. The Morgan fingerprint density at radius 1 is 1.42 bits per heavy atom. The van der Waals surface area contributed by atoms with Crippen molar-refractivity contribution in [3.63, 3.8) is 0 Å². The fourth-order valence-corrected chi connectivity index (χ4v) is 2.97. The van der Waals surface area contributed by atoms with E-state index in [0.29, 0.717) is 0 Å². The number of nitrogens with zero attached hydrogens (tertiary/aromatic N) is 2. The van der Waals surface area contributed by atoms with Crippen LogP contribution in [-0.4, -0.2) is 21.3 Å². The fraction of sp³-hybridized carbons (Fsp3) is 0.714. The molecular formula is C7H11BrN2S2. The van der Waals surface area contributed by atoms with Crippen LogP contribution in [0.1, 0.15) is 17.8 Å². The lowest BCUT2D eigenvalue weighted by atomic mass is 10.4. The first-order chi connectivity index (χ1) is 5.83. The monoisotopic (exact) mass is 266 g/mol. The molecule has 0 saturated carbocycles. The van der Waals surface area contributed by atoms with E-state index in [1.165, 1.54) is 12.8 Å². The van der Waals surface area contributed by atoms with E-state index in [-0.39, 0.29) is 0 Å². The van der Waals surface area contributed by atoms with Crippen molar-refractivity contribution in [3.05, 3.63) is 5.01 Å². The fourth-order valence-electron chi connectivity index (χ4n) is 0.693. The van der Waals surface area contributed by atoms with Crippen LogP contribution in [0.3, 0.4) is 0 Å². The maximum absolute atomic E-state index is 4.03. The molecule has 0 saturated heterocycles. The zero-order chi connectivity index (χ0) is 8.81. The van der Waals surface area contributed by atoms with E-state index in [4.69, 9.17) is 0 Å². The topological polar surface area (TPSA) is 25.8 Å².